The standard InChI is InChI=1S/C23H22N6O2/c1-2-12-25-23(30)20-14-24-13-11-21(20)31-15-16-7-9-17(10-8-16)18-5-3-4-6-19(18)22-26-28-29-27-22/h3-11,13-14H,2,12,15H2,1H3,(H,25,30)(H,26,27,28,29). The highest BCUT2D eigenvalue weighted by atomic mass is 16.5. The van der Waals surface area contributed by atoms with Gasteiger partial charge in [0.25, 0.3) is 5.91 Å². The Morgan fingerprint density at radius 3 is 2.61 bits per heavy atom. The number of aromatic nitrogens is 5. The van der Waals surface area contributed by atoms with Crippen molar-refractivity contribution in [3.8, 4) is 28.3 Å². The number of hydrogen-bond acceptors (Lipinski definition) is 6. The smallest absolute Gasteiger partial charge is 0.256 e. The van der Waals surface area contributed by atoms with Gasteiger partial charge in [-0.2, -0.15) is 5.21 Å². The summed E-state index contributed by atoms with van der Waals surface area (Å²) in [6.45, 7) is 2.95. The maximum Gasteiger partial charge on any atom is 0.256 e. The lowest BCUT2D eigenvalue weighted by Crippen LogP contribution is -2.24. The number of pyridine rings is 1. The highest BCUT2D eigenvalue weighted by Crippen LogP contribution is 2.30. The Bertz CT molecular complexity index is 1140. The van der Waals surface area contributed by atoms with E-state index in [0.29, 0.717) is 30.3 Å². The largest absolute Gasteiger partial charge is 0.488 e. The predicted octanol–water partition coefficient (Wildman–Crippen LogP) is 3.65. The first-order chi connectivity index (χ1) is 15.3. The molecule has 8 heteroatoms. The molecule has 2 aromatic heterocycles. The van der Waals surface area contributed by atoms with E-state index in [1.165, 1.54) is 6.20 Å². The molecule has 0 unspecified atom stereocenters. The summed E-state index contributed by atoms with van der Waals surface area (Å²) in [7, 11) is 0. The second-order valence-electron chi connectivity index (χ2n) is 6.89. The van der Waals surface area contributed by atoms with Crippen LogP contribution in [-0.2, 0) is 6.61 Å². The van der Waals surface area contributed by atoms with Gasteiger partial charge in [-0.3, -0.25) is 9.78 Å². The van der Waals surface area contributed by atoms with Crippen LogP contribution in [0.4, 0.5) is 0 Å². The summed E-state index contributed by atoms with van der Waals surface area (Å²) in [5, 5.41) is 17.2. The lowest BCUT2D eigenvalue weighted by Gasteiger charge is -2.12. The molecule has 8 nitrogen and oxygen atoms in total. The Morgan fingerprint density at radius 2 is 1.87 bits per heavy atom. The summed E-state index contributed by atoms with van der Waals surface area (Å²) in [5.41, 5.74) is 4.37. The number of carbonyl (C=O) groups is 1. The van der Waals surface area contributed by atoms with Crippen molar-refractivity contribution in [2.45, 2.75) is 20.0 Å². The van der Waals surface area contributed by atoms with Gasteiger partial charge in [0.2, 0.25) is 5.82 Å². The molecule has 31 heavy (non-hydrogen) atoms. The minimum atomic E-state index is -0.182. The zero-order valence-electron chi connectivity index (χ0n) is 17.1. The van der Waals surface area contributed by atoms with Crippen LogP contribution < -0.4 is 10.1 Å². The lowest BCUT2D eigenvalue weighted by molar-refractivity contribution is 0.0948. The maximum absolute atomic E-state index is 12.3. The first kappa shape index (κ1) is 20.2. The minimum absolute atomic E-state index is 0.182. The molecular weight excluding hydrogens is 392 g/mol. The van der Waals surface area contributed by atoms with E-state index in [9.17, 15) is 4.79 Å². The number of nitrogens with one attached hydrogen (secondary N) is 2. The van der Waals surface area contributed by atoms with Crippen LogP contribution in [0, 0.1) is 0 Å². The van der Waals surface area contributed by atoms with Gasteiger partial charge in [-0.25, -0.2) is 0 Å². The maximum atomic E-state index is 12.3. The van der Waals surface area contributed by atoms with Crippen molar-refractivity contribution in [3.63, 3.8) is 0 Å². The summed E-state index contributed by atoms with van der Waals surface area (Å²) in [6.07, 6.45) is 4.01. The van der Waals surface area contributed by atoms with Gasteiger partial charge in [-0.1, -0.05) is 55.5 Å². The number of ether oxygens (including phenoxy) is 1. The van der Waals surface area contributed by atoms with Crippen LogP contribution in [0.15, 0.2) is 67.0 Å². The molecule has 156 valence electrons. The number of rotatable bonds is 8. The number of amides is 1. The van der Waals surface area contributed by atoms with E-state index in [1.54, 1.807) is 12.3 Å². The number of aromatic amines is 1. The Hall–Kier alpha value is -4.07. The first-order valence-corrected chi connectivity index (χ1v) is 10.0. The van der Waals surface area contributed by atoms with Crippen molar-refractivity contribution in [1.82, 2.24) is 30.9 Å². The number of carbonyl (C=O) groups excluding carboxylic acids is 1. The lowest BCUT2D eigenvalue weighted by atomic mass is 9.98. The fraction of sp³-hybridized carbons (Fsp3) is 0.174. The van der Waals surface area contributed by atoms with E-state index < -0.39 is 0 Å². The van der Waals surface area contributed by atoms with Crippen molar-refractivity contribution in [2.75, 3.05) is 6.54 Å². The first-order valence-electron chi connectivity index (χ1n) is 10.0. The van der Waals surface area contributed by atoms with Gasteiger partial charge in [0, 0.05) is 24.5 Å². The quantitative estimate of drug-likeness (QED) is 0.456. The van der Waals surface area contributed by atoms with Crippen molar-refractivity contribution in [2.24, 2.45) is 0 Å². The third kappa shape index (κ3) is 4.75. The fourth-order valence-corrected chi connectivity index (χ4v) is 3.16. The topological polar surface area (TPSA) is 106 Å². The summed E-state index contributed by atoms with van der Waals surface area (Å²) in [5.74, 6) is 0.878. The number of H-pyrrole nitrogens is 1. The predicted molar refractivity (Wildman–Crippen MR) is 116 cm³/mol. The van der Waals surface area contributed by atoms with Crippen LogP contribution in [0.2, 0.25) is 0 Å². The fourth-order valence-electron chi connectivity index (χ4n) is 3.16. The van der Waals surface area contributed by atoms with Crippen molar-refractivity contribution >= 4 is 5.91 Å². The summed E-state index contributed by atoms with van der Waals surface area (Å²) in [6, 6.07) is 17.7. The van der Waals surface area contributed by atoms with Crippen LogP contribution >= 0.6 is 0 Å². The molecule has 1 amide bonds. The summed E-state index contributed by atoms with van der Waals surface area (Å²) < 4.78 is 5.92. The molecule has 0 saturated heterocycles. The van der Waals surface area contributed by atoms with E-state index in [4.69, 9.17) is 4.74 Å². The molecule has 4 rings (SSSR count). The zero-order chi connectivity index (χ0) is 21.5. The minimum Gasteiger partial charge on any atom is -0.488 e. The van der Waals surface area contributed by atoms with E-state index in [1.807, 2.05) is 55.5 Å². The molecule has 2 N–H and O–H groups in total. The Kier molecular flexibility index (Phi) is 6.27. The number of tetrazole rings is 1. The van der Waals surface area contributed by atoms with Crippen LogP contribution in [0.1, 0.15) is 29.3 Å². The highest BCUT2D eigenvalue weighted by Gasteiger charge is 2.13. The molecule has 4 aromatic rings. The van der Waals surface area contributed by atoms with Gasteiger partial charge in [0.1, 0.15) is 12.4 Å². The number of benzene rings is 2. The van der Waals surface area contributed by atoms with E-state index in [2.05, 4.69) is 30.9 Å². The molecule has 0 aliphatic heterocycles. The zero-order valence-corrected chi connectivity index (χ0v) is 17.1. The molecule has 2 heterocycles. The molecule has 0 aliphatic carbocycles. The number of nitrogens with zero attached hydrogens (tertiary/aromatic N) is 4. The average Bonchev–Trinajstić information content (AvgIpc) is 3.37. The van der Waals surface area contributed by atoms with Gasteiger partial charge in [0.15, 0.2) is 0 Å². The van der Waals surface area contributed by atoms with Gasteiger partial charge in [0.05, 0.1) is 5.56 Å². The van der Waals surface area contributed by atoms with Gasteiger partial charge >= 0.3 is 0 Å². The van der Waals surface area contributed by atoms with Crippen molar-refractivity contribution in [3.05, 3.63) is 78.1 Å². The highest BCUT2D eigenvalue weighted by molar-refractivity contribution is 5.96. The molecule has 0 bridgehead atoms. The van der Waals surface area contributed by atoms with Gasteiger partial charge < -0.3 is 10.1 Å². The van der Waals surface area contributed by atoms with Gasteiger partial charge in [-0.05, 0) is 34.4 Å². The molecule has 0 aliphatic rings. The van der Waals surface area contributed by atoms with Gasteiger partial charge in [-0.15, -0.1) is 10.2 Å². The molecule has 0 atom stereocenters. The molecule has 0 spiro atoms. The Balaban J connectivity index is 1.49. The van der Waals surface area contributed by atoms with E-state index >= 15 is 0 Å². The Morgan fingerprint density at radius 1 is 1.06 bits per heavy atom. The second-order valence-corrected chi connectivity index (χ2v) is 6.89. The third-order valence-corrected chi connectivity index (χ3v) is 4.73. The SMILES string of the molecule is CCCNC(=O)c1cnccc1OCc1ccc(-c2ccccc2-c2nn[nH]n2)cc1. The third-order valence-electron chi connectivity index (χ3n) is 4.73. The summed E-state index contributed by atoms with van der Waals surface area (Å²) in [4.78, 5) is 16.4. The van der Waals surface area contributed by atoms with Crippen molar-refractivity contribution < 1.29 is 9.53 Å². The molecule has 0 radical (unpaired) electrons. The summed E-state index contributed by atoms with van der Waals surface area (Å²) >= 11 is 0. The van der Waals surface area contributed by atoms with Crippen LogP contribution in [0.5, 0.6) is 5.75 Å². The van der Waals surface area contributed by atoms with Crippen LogP contribution in [0.25, 0.3) is 22.5 Å². The van der Waals surface area contributed by atoms with Crippen LogP contribution in [0.3, 0.4) is 0 Å². The molecule has 0 saturated carbocycles. The monoisotopic (exact) mass is 414 g/mol. The average molecular weight is 414 g/mol. The van der Waals surface area contributed by atoms with Crippen molar-refractivity contribution in [1.29, 1.82) is 0 Å². The Labute approximate surface area is 179 Å². The molecule has 2 aromatic carbocycles. The van der Waals surface area contributed by atoms with E-state index in [-0.39, 0.29) is 5.91 Å². The molecular formula is C23H22N6O2. The van der Waals surface area contributed by atoms with E-state index in [0.717, 1.165) is 28.7 Å². The van der Waals surface area contributed by atoms with Crippen LogP contribution in [-0.4, -0.2) is 38.1 Å². The second kappa shape index (κ2) is 9.62. The normalized spacial score (nSPS) is 10.6. The molecule has 0 fully saturated rings. The number of hydrogen-bond donors (Lipinski definition) is 2.